The average molecular weight is 359 g/mol. The summed E-state index contributed by atoms with van der Waals surface area (Å²) in [5.41, 5.74) is 1.34. The molecule has 1 aliphatic heterocycles. The predicted octanol–water partition coefficient (Wildman–Crippen LogP) is 2.76. The van der Waals surface area contributed by atoms with E-state index in [4.69, 9.17) is 0 Å². The van der Waals surface area contributed by atoms with Crippen LogP contribution in [-0.2, 0) is 11.2 Å². The van der Waals surface area contributed by atoms with Gasteiger partial charge in [0.05, 0.1) is 12.2 Å². The molecule has 26 heavy (non-hydrogen) atoms. The van der Waals surface area contributed by atoms with E-state index in [0.29, 0.717) is 0 Å². The van der Waals surface area contributed by atoms with Crippen LogP contribution in [0.1, 0.15) is 5.56 Å². The van der Waals surface area contributed by atoms with Gasteiger partial charge in [-0.3, -0.25) is 9.69 Å². The van der Waals surface area contributed by atoms with Gasteiger partial charge in [0, 0.05) is 38.8 Å². The van der Waals surface area contributed by atoms with Gasteiger partial charge in [-0.1, -0.05) is 30.3 Å². The summed E-state index contributed by atoms with van der Waals surface area (Å²) in [6, 6.07) is 13.5. The zero-order valence-electron chi connectivity index (χ0n) is 14.6. The molecule has 1 amide bonds. The number of nitrogens with one attached hydrogen (secondary N) is 1. The molecule has 3 rings (SSSR count). The Hall–Kier alpha value is -2.31. The maximum absolute atomic E-state index is 13.6. The Kier molecular flexibility index (Phi) is 6.30. The lowest BCUT2D eigenvalue weighted by Gasteiger charge is -2.34. The molecule has 0 saturated carbocycles. The Morgan fingerprint density at radius 3 is 2.35 bits per heavy atom. The number of rotatable bonds is 6. The summed E-state index contributed by atoms with van der Waals surface area (Å²) in [6.45, 7) is 4.63. The minimum Gasteiger partial charge on any atom is -0.322 e. The molecule has 6 heteroatoms. The first-order chi connectivity index (χ1) is 12.6. The SMILES string of the molecule is O=C(CN1CCN(CCc2ccccc2)CC1)Nc1ccc(F)cc1F. The second-order valence-electron chi connectivity index (χ2n) is 6.53. The molecule has 0 unspecified atom stereocenters. The Bertz CT molecular complexity index is 731. The van der Waals surface area contributed by atoms with Gasteiger partial charge in [0.15, 0.2) is 0 Å². The summed E-state index contributed by atoms with van der Waals surface area (Å²) >= 11 is 0. The molecule has 0 spiro atoms. The van der Waals surface area contributed by atoms with Gasteiger partial charge in [-0.25, -0.2) is 8.78 Å². The molecule has 0 bridgehead atoms. The summed E-state index contributed by atoms with van der Waals surface area (Å²) in [5.74, 6) is -1.70. The Morgan fingerprint density at radius 2 is 1.65 bits per heavy atom. The van der Waals surface area contributed by atoms with E-state index >= 15 is 0 Å². The van der Waals surface area contributed by atoms with Crippen molar-refractivity contribution in [1.82, 2.24) is 9.80 Å². The van der Waals surface area contributed by atoms with Gasteiger partial charge < -0.3 is 10.2 Å². The number of benzene rings is 2. The van der Waals surface area contributed by atoms with E-state index in [0.717, 1.165) is 51.3 Å². The van der Waals surface area contributed by atoms with Gasteiger partial charge >= 0.3 is 0 Å². The Labute approximate surface area is 152 Å². The van der Waals surface area contributed by atoms with E-state index < -0.39 is 11.6 Å². The zero-order chi connectivity index (χ0) is 18.4. The third-order valence-corrected chi connectivity index (χ3v) is 4.60. The molecule has 1 heterocycles. The van der Waals surface area contributed by atoms with Crippen LogP contribution in [0.3, 0.4) is 0 Å². The number of carbonyl (C=O) groups is 1. The van der Waals surface area contributed by atoms with E-state index in [1.54, 1.807) is 0 Å². The van der Waals surface area contributed by atoms with Crippen molar-refractivity contribution in [2.24, 2.45) is 0 Å². The standard InChI is InChI=1S/C20H23F2N3O/c21-17-6-7-19(18(22)14-17)23-20(26)15-25-12-10-24(11-13-25)9-8-16-4-2-1-3-5-16/h1-7,14H,8-13,15H2,(H,23,26). The van der Waals surface area contributed by atoms with Gasteiger partial charge in [0.2, 0.25) is 5.91 Å². The number of anilines is 1. The smallest absolute Gasteiger partial charge is 0.238 e. The van der Waals surface area contributed by atoms with Crippen molar-refractivity contribution in [3.63, 3.8) is 0 Å². The number of hydrogen-bond acceptors (Lipinski definition) is 3. The number of halogens is 2. The van der Waals surface area contributed by atoms with Gasteiger partial charge in [0.25, 0.3) is 0 Å². The van der Waals surface area contributed by atoms with Crippen LogP contribution >= 0.6 is 0 Å². The fraction of sp³-hybridized carbons (Fsp3) is 0.350. The van der Waals surface area contributed by atoms with Crippen molar-refractivity contribution in [2.45, 2.75) is 6.42 Å². The predicted molar refractivity (Wildman–Crippen MR) is 98.0 cm³/mol. The zero-order valence-corrected chi connectivity index (χ0v) is 14.6. The lowest BCUT2D eigenvalue weighted by Crippen LogP contribution is -2.49. The van der Waals surface area contributed by atoms with Crippen molar-refractivity contribution >= 4 is 11.6 Å². The van der Waals surface area contributed by atoms with E-state index in [9.17, 15) is 13.6 Å². The quantitative estimate of drug-likeness (QED) is 0.862. The Balaban J connectivity index is 1.40. The molecular formula is C20H23F2N3O. The van der Waals surface area contributed by atoms with E-state index in [1.807, 2.05) is 6.07 Å². The number of piperazine rings is 1. The van der Waals surface area contributed by atoms with Crippen LogP contribution in [0.5, 0.6) is 0 Å². The molecule has 1 saturated heterocycles. The van der Waals surface area contributed by atoms with Crippen molar-refractivity contribution in [3.05, 3.63) is 65.7 Å². The second-order valence-corrected chi connectivity index (χ2v) is 6.53. The molecule has 4 nitrogen and oxygen atoms in total. The molecule has 2 aromatic carbocycles. The maximum atomic E-state index is 13.6. The molecule has 0 aromatic heterocycles. The lowest BCUT2D eigenvalue weighted by molar-refractivity contribution is -0.117. The summed E-state index contributed by atoms with van der Waals surface area (Å²) in [7, 11) is 0. The molecule has 138 valence electrons. The topological polar surface area (TPSA) is 35.6 Å². The van der Waals surface area contributed by atoms with Gasteiger partial charge in [-0.15, -0.1) is 0 Å². The molecule has 1 aliphatic rings. The molecule has 1 N–H and O–H groups in total. The van der Waals surface area contributed by atoms with Gasteiger partial charge in [-0.2, -0.15) is 0 Å². The number of hydrogen-bond donors (Lipinski definition) is 1. The minimum atomic E-state index is -0.760. The van der Waals surface area contributed by atoms with E-state index in [1.165, 1.54) is 11.6 Å². The third-order valence-electron chi connectivity index (χ3n) is 4.60. The fourth-order valence-corrected chi connectivity index (χ4v) is 3.09. The van der Waals surface area contributed by atoms with Crippen molar-refractivity contribution in [2.75, 3.05) is 44.6 Å². The number of carbonyl (C=O) groups excluding carboxylic acids is 1. The molecule has 0 atom stereocenters. The van der Waals surface area contributed by atoms with Crippen LogP contribution in [0.2, 0.25) is 0 Å². The fourth-order valence-electron chi connectivity index (χ4n) is 3.09. The van der Waals surface area contributed by atoms with Crippen LogP contribution in [0.4, 0.5) is 14.5 Å². The van der Waals surface area contributed by atoms with Gasteiger partial charge in [0.1, 0.15) is 11.6 Å². The molecular weight excluding hydrogens is 336 g/mol. The van der Waals surface area contributed by atoms with Crippen molar-refractivity contribution < 1.29 is 13.6 Å². The normalized spacial score (nSPS) is 15.8. The first-order valence-corrected chi connectivity index (χ1v) is 8.84. The first kappa shape index (κ1) is 18.5. The maximum Gasteiger partial charge on any atom is 0.238 e. The van der Waals surface area contributed by atoms with Gasteiger partial charge in [-0.05, 0) is 24.1 Å². The van der Waals surface area contributed by atoms with E-state index in [2.05, 4.69) is 39.4 Å². The molecule has 2 aromatic rings. The second kappa shape index (κ2) is 8.87. The highest BCUT2D eigenvalue weighted by Crippen LogP contribution is 2.15. The van der Waals surface area contributed by atoms with E-state index in [-0.39, 0.29) is 18.1 Å². The summed E-state index contributed by atoms with van der Waals surface area (Å²) in [6.07, 6.45) is 1.02. The highest BCUT2D eigenvalue weighted by Gasteiger charge is 2.19. The van der Waals surface area contributed by atoms with Crippen LogP contribution in [-0.4, -0.2) is 55.0 Å². The highest BCUT2D eigenvalue weighted by atomic mass is 19.1. The summed E-state index contributed by atoms with van der Waals surface area (Å²) in [4.78, 5) is 16.5. The molecule has 0 radical (unpaired) electrons. The monoisotopic (exact) mass is 359 g/mol. The molecule has 0 aliphatic carbocycles. The molecule has 1 fully saturated rings. The number of amides is 1. The first-order valence-electron chi connectivity index (χ1n) is 8.84. The van der Waals surface area contributed by atoms with Crippen LogP contribution in [0.15, 0.2) is 48.5 Å². The minimum absolute atomic E-state index is 0.0119. The lowest BCUT2D eigenvalue weighted by atomic mass is 10.1. The van der Waals surface area contributed by atoms with Crippen LogP contribution in [0.25, 0.3) is 0 Å². The van der Waals surface area contributed by atoms with Crippen LogP contribution < -0.4 is 5.32 Å². The largest absolute Gasteiger partial charge is 0.322 e. The average Bonchev–Trinajstić information content (AvgIpc) is 2.64. The number of nitrogens with zero attached hydrogens (tertiary/aromatic N) is 2. The van der Waals surface area contributed by atoms with Crippen LogP contribution in [0, 0.1) is 11.6 Å². The van der Waals surface area contributed by atoms with Crippen molar-refractivity contribution in [1.29, 1.82) is 0 Å². The summed E-state index contributed by atoms with van der Waals surface area (Å²) in [5, 5.41) is 2.51. The third kappa shape index (κ3) is 5.34. The Morgan fingerprint density at radius 1 is 0.962 bits per heavy atom. The summed E-state index contributed by atoms with van der Waals surface area (Å²) < 4.78 is 26.5. The highest BCUT2D eigenvalue weighted by molar-refractivity contribution is 5.92. The van der Waals surface area contributed by atoms with Crippen molar-refractivity contribution in [3.8, 4) is 0 Å².